The summed E-state index contributed by atoms with van der Waals surface area (Å²) in [6.07, 6.45) is 6.83. The molecule has 1 saturated carbocycles. The molecule has 0 N–H and O–H groups in total. The second-order valence-electron chi connectivity index (χ2n) is 8.42. The Hall–Kier alpha value is -2.33. The summed E-state index contributed by atoms with van der Waals surface area (Å²) in [5.74, 6) is 0.869. The molecular formula is C25H31NO3. The average molecular weight is 394 g/mol. The van der Waals surface area contributed by atoms with Crippen LogP contribution < -0.4 is 4.74 Å². The maximum absolute atomic E-state index is 13.2. The molecule has 4 heteroatoms. The average Bonchev–Trinajstić information content (AvgIpc) is 3.15. The zero-order valence-corrected chi connectivity index (χ0v) is 17.3. The Bertz CT molecular complexity index is 822. The van der Waals surface area contributed by atoms with Gasteiger partial charge in [0.25, 0.3) is 5.91 Å². The van der Waals surface area contributed by atoms with Crippen molar-refractivity contribution in [3.8, 4) is 5.75 Å². The first-order valence-electron chi connectivity index (χ1n) is 10.8. The van der Waals surface area contributed by atoms with E-state index in [0.29, 0.717) is 12.2 Å². The molecule has 0 bridgehead atoms. The highest BCUT2D eigenvalue weighted by molar-refractivity contribution is 5.94. The Kier molecular flexibility index (Phi) is 6.19. The van der Waals surface area contributed by atoms with Crippen LogP contribution in [-0.2, 0) is 11.2 Å². The van der Waals surface area contributed by atoms with E-state index in [-0.39, 0.29) is 17.4 Å². The molecule has 2 atom stereocenters. The van der Waals surface area contributed by atoms with Gasteiger partial charge in [-0.3, -0.25) is 4.79 Å². The number of hydrogen-bond acceptors (Lipinski definition) is 3. The number of benzene rings is 2. The molecule has 0 unspecified atom stereocenters. The summed E-state index contributed by atoms with van der Waals surface area (Å²) in [7, 11) is 1.81. The van der Waals surface area contributed by atoms with Gasteiger partial charge in [-0.15, -0.1) is 0 Å². The molecule has 1 aliphatic carbocycles. The van der Waals surface area contributed by atoms with Gasteiger partial charge < -0.3 is 14.4 Å². The molecule has 2 fully saturated rings. The molecule has 1 amide bonds. The third-order valence-electron chi connectivity index (χ3n) is 6.59. The summed E-state index contributed by atoms with van der Waals surface area (Å²) in [6.45, 7) is 2.24. The van der Waals surface area contributed by atoms with Crippen LogP contribution >= 0.6 is 0 Å². The lowest BCUT2D eigenvalue weighted by molar-refractivity contribution is -0.0295. The van der Waals surface area contributed by atoms with Gasteiger partial charge in [0, 0.05) is 37.6 Å². The summed E-state index contributed by atoms with van der Waals surface area (Å²) in [5, 5.41) is 0. The predicted octanol–water partition coefficient (Wildman–Crippen LogP) is 4.73. The van der Waals surface area contributed by atoms with E-state index >= 15 is 0 Å². The number of methoxy groups -OCH3 is 1. The summed E-state index contributed by atoms with van der Waals surface area (Å²) in [6, 6.07) is 17.9. The molecule has 2 aromatic carbocycles. The second-order valence-corrected chi connectivity index (χ2v) is 8.42. The zero-order chi connectivity index (χ0) is 20.1. The number of piperidine rings is 1. The maximum Gasteiger partial charge on any atom is 0.254 e. The highest BCUT2D eigenvalue weighted by Crippen LogP contribution is 2.46. The highest BCUT2D eigenvalue weighted by atomic mass is 16.5. The molecule has 4 nitrogen and oxygen atoms in total. The van der Waals surface area contributed by atoms with E-state index in [0.717, 1.165) is 50.9 Å². The van der Waals surface area contributed by atoms with Crippen LogP contribution in [-0.4, -0.2) is 43.7 Å². The van der Waals surface area contributed by atoms with Crippen LogP contribution in [0.5, 0.6) is 5.75 Å². The molecule has 0 aromatic heterocycles. The van der Waals surface area contributed by atoms with Crippen LogP contribution in [0, 0.1) is 5.41 Å². The normalized spacial score (nSPS) is 24.0. The van der Waals surface area contributed by atoms with E-state index < -0.39 is 0 Å². The van der Waals surface area contributed by atoms with Crippen molar-refractivity contribution in [1.82, 2.24) is 4.90 Å². The third kappa shape index (κ3) is 4.48. The lowest BCUT2D eigenvalue weighted by Gasteiger charge is -2.43. The van der Waals surface area contributed by atoms with Crippen LogP contribution in [0.25, 0.3) is 0 Å². The quantitative estimate of drug-likeness (QED) is 0.712. The minimum Gasteiger partial charge on any atom is -0.493 e. The Morgan fingerprint density at radius 2 is 1.93 bits per heavy atom. The number of carbonyl (C=O) groups excluding carboxylic acids is 1. The fourth-order valence-electron chi connectivity index (χ4n) is 5.11. The Balaban J connectivity index is 1.39. The number of likely N-dealkylation sites (tertiary alicyclic amines) is 1. The van der Waals surface area contributed by atoms with Gasteiger partial charge in [0.15, 0.2) is 0 Å². The van der Waals surface area contributed by atoms with Crippen molar-refractivity contribution < 1.29 is 14.3 Å². The van der Waals surface area contributed by atoms with Crippen molar-refractivity contribution in [2.45, 2.75) is 44.6 Å². The van der Waals surface area contributed by atoms with Crippen LogP contribution in [0.1, 0.15) is 48.0 Å². The highest BCUT2D eigenvalue weighted by Gasteiger charge is 2.46. The first-order valence-corrected chi connectivity index (χ1v) is 10.8. The number of carbonyl (C=O) groups is 1. The van der Waals surface area contributed by atoms with E-state index in [1.807, 2.05) is 54.5 Å². The molecule has 1 saturated heterocycles. The smallest absolute Gasteiger partial charge is 0.254 e. The number of hydrogen-bond donors (Lipinski definition) is 0. The largest absolute Gasteiger partial charge is 0.493 e. The Morgan fingerprint density at radius 1 is 1.10 bits per heavy atom. The van der Waals surface area contributed by atoms with E-state index in [4.69, 9.17) is 9.47 Å². The first kappa shape index (κ1) is 20.0. The number of ether oxygens (including phenoxy) is 2. The van der Waals surface area contributed by atoms with E-state index in [9.17, 15) is 4.79 Å². The second kappa shape index (κ2) is 9.00. The molecule has 154 valence electrons. The summed E-state index contributed by atoms with van der Waals surface area (Å²) in [4.78, 5) is 15.2. The van der Waals surface area contributed by atoms with Gasteiger partial charge in [0.05, 0.1) is 12.7 Å². The Morgan fingerprint density at radius 3 is 2.76 bits per heavy atom. The van der Waals surface area contributed by atoms with Gasteiger partial charge in [-0.05, 0) is 49.4 Å². The van der Waals surface area contributed by atoms with Crippen LogP contribution in [0.2, 0.25) is 0 Å². The molecule has 2 aliphatic rings. The summed E-state index contributed by atoms with van der Waals surface area (Å²) in [5.41, 5.74) is 2.11. The van der Waals surface area contributed by atoms with Crippen LogP contribution in [0.4, 0.5) is 0 Å². The lowest BCUT2D eigenvalue weighted by Crippen LogP contribution is -2.49. The monoisotopic (exact) mass is 393 g/mol. The Labute approximate surface area is 173 Å². The van der Waals surface area contributed by atoms with Crippen molar-refractivity contribution in [2.75, 3.05) is 26.8 Å². The molecule has 2 aromatic rings. The van der Waals surface area contributed by atoms with E-state index in [2.05, 4.69) is 12.1 Å². The van der Waals surface area contributed by atoms with Gasteiger partial charge >= 0.3 is 0 Å². The lowest BCUT2D eigenvalue weighted by atomic mass is 9.76. The standard InChI is InChI=1S/C25H31NO3/c1-28-23-12-6-14-25(23)15-7-16-26(19-25)24(27)21-10-5-11-22(18-21)29-17-13-20-8-3-2-4-9-20/h2-5,8-11,18,23H,6-7,12-17,19H2,1H3/t23-,25+/m1/s1. The molecular weight excluding hydrogens is 362 g/mol. The fraction of sp³-hybridized carbons (Fsp3) is 0.480. The fourth-order valence-corrected chi connectivity index (χ4v) is 5.11. The molecule has 0 radical (unpaired) electrons. The van der Waals surface area contributed by atoms with Crippen molar-refractivity contribution >= 4 is 5.91 Å². The van der Waals surface area contributed by atoms with Gasteiger partial charge in [-0.2, -0.15) is 0 Å². The zero-order valence-electron chi connectivity index (χ0n) is 17.3. The van der Waals surface area contributed by atoms with E-state index in [1.54, 1.807) is 0 Å². The van der Waals surface area contributed by atoms with Gasteiger partial charge in [-0.1, -0.05) is 42.8 Å². The predicted molar refractivity (Wildman–Crippen MR) is 114 cm³/mol. The minimum absolute atomic E-state index is 0.110. The van der Waals surface area contributed by atoms with Crippen molar-refractivity contribution in [3.05, 3.63) is 65.7 Å². The molecule has 1 spiro atoms. The van der Waals surface area contributed by atoms with Crippen molar-refractivity contribution in [3.63, 3.8) is 0 Å². The topological polar surface area (TPSA) is 38.8 Å². The SMILES string of the molecule is CO[C@@H]1CCC[C@@]12CCCN(C(=O)c1cccc(OCCc3ccccc3)c1)C2. The summed E-state index contributed by atoms with van der Waals surface area (Å²) >= 11 is 0. The molecule has 1 aliphatic heterocycles. The van der Waals surface area contributed by atoms with Crippen LogP contribution in [0.3, 0.4) is 0 Å². The molecule has 4 rings (SSSR count). The number of nitrogens with zero attached hydrogens (tertiary/aromatic N) is 1. The van der Waals surface area contributed by atoms with E-state index in [1.165, 1.54) is 12.0 Å². The number of rotatable bonds is 6. The van der Waals surface area contributed by atoms with Gasteiger partial charge in [0.1, 0.15) is 5.75 Å². The van der Waals surface area contributed by atoms with Crippen molar-refractivity contribution in [2.24, 2.45) is 5.41 Å². The number of amides is 1. The van der Waals surface area contributed by atoms with Crippen LogP contribution in [0.15, 0.2) is 54.6 Å². The molecule has 1 heterocycles. The summed E-state index contributed by atoms with van der Waals surface area (Å²) < 4.78 is 11.7. The third-order valence-corrected chi connectivity index (χ3v) is 6.59. The van der Waals surface area contributed by atoms with Crippen molar-refractivity contribution in [1.29, 1.82) is 0 Å². The maximum atomic E-state index is 13.2. The first-order chi connectivity index (χ1) is 14.2. The molecule has 29 heavy (non-hydrogen) atoms. The van der Waals surface area contributed by atoms with Gasteiger partial charge in [0.2, 0.25) is 0 Å². The minimum atomic E-state index is 0.110. The van der Waals surface area contributed by atoms with Gasteiger partial charge in [-0.25, -0.2) is 0 Å².